The van der Waals surface area contributed by atoms with Crippen LogP contribution in [0.15, 0.2) is 54.6 Å². The molecule has 4 fully saturated rings. The predicted octanol–water partition coefficient (Wildman–Crippen LogP) is 1.77. The van der Waals surface area contributed by atoms with E-state index in [1.54, 1.807) is 30.3 Å². The van der Waals surface area contributed by atoms with Gasteiger partial charge in [-0.25, -0.2) is 9.59 Å². The summed E-state index contributed by atoms with van der Waals surface area (Å²) in [5.41, 5.74) is 0.718. The van der Waals surface area contributed by atoms with E-state index in [0.29, 0.717) is 10.1 Å². The molecule has 0 spiro atoms. The molecule has 10 nitrogen and oxygen atoms in total. The Morgan fingerprint density at radius 3 is 1.59 bits per heavy atom. The van der Waals surface area contributed by atoms with Gasteiger partial charge in [0.25, 0.3) is 23.6 Å². The molecule has 2 saturated heterocycles. The fourth-order valence-corrected chi connectivity index (χ4v) is 7.57. The number of hydrogen-bond acceptors (Lipinski definition) is 8. The molecule has 1 aromatic carbocycles. The molecule has 4 bridgehead atoms. The second kappa shape index (κ2) is 8.72. The highest BCUT2D eigenvalue weighted by Crippen LogP contribution is 2.53. The standard InChI is InChI=1S/C29H26N2O8/c32-20(38-30-25(33)21-15-6-7-16(11-15)22(21)26(30)34)13-19(10-14-4-2-1-3-5-14)29(37)39-31-27(35)23-17-8-9-18(12-17)24(23)28(31)36/h1-9,15-19,21-24H,10-13H2/t15-,16+,17-,18+,19-,21?,22?,23?,24?/m0/s1. The van der Waals surface area contributed by atoms with Crippen LogP contribution in [0.5, 0.6) is 0 Å². The van der Waals surface area contributed by atoms with Gasteiger partial charge in [-0.1, -0.05) is 54.6 Å². The summed E-state index contributed by atoms with van der Waals surface area (Å²) in [6.45, 7) is 0. The van der Waals surface area contributed by atoms with Gasteiger partial charge in [0, 0.05) is 0 Å². The molecule has 0 radical (unpaired) electrons. The number of amides is 4. The quantitative estimate of drug-likeness (QED) is 0.386. The van der Waals surface area contributed by atoms with Crippen molar-refractivity contribution >= 4 is 35.6 Å². The Morgan fingerprint density at radius 2 is 1.13 bits per heavy atom. The van der Waals surface area contributed by atoms with Crippen molar-refractivity contribution in [2.24, 2.45) is 53.3 Å². The van der Waals surface area contributed by atoms with Gasteiger partial charge in [0.05, 0.1) is 36.0 Å². The van der Waals surface area contributed by atoms with Gasteiger partial charge in [0.1, 0.15) is 0 Å². The lowest BCUT2D eigenvalue weighted by Crippen LogP contribution is -2.39. The first-order valence-electron chi connectivity index (χ1n) is 13.4. The van der Waals surface area contributed by atoms with Crippen molar-refractivity contribution in [1.82, 2.24) is 10.1 Å². The predicted molar refractivity (Wildman–Crippen MR) is 130 cm³/mol. The highest BCUT2D eigenvalue weighted by atomic mass is 16.7. The molecule has 0 aromatic heterocycles. The number of imide groups is 2. The molecule has 6 aliphatic rings. The second-order valence-corrected chi connectivity index (χ2v) is 11.4. The Bertz CT molecular complexity index is 1310. The first-order valence-corrected chi connectivity index (χ1v) is 13.4. The molecule has 2 saturated carbocycles. The smallest absolute Gasteiger partial charge is 0.330 e. The number of carbonyl (C=O) groups excluding carboxylic acids is 6. The van der Waals surface area contributed by atoms with Gasteiger partial charge in [0.15, 0.2) is 0 Å². The molecule has 4 aliphatic carbocycles. The van der Waals surface area contributed by atoms with Gasteiger partial charge in [-0.15, -0.1) is 10.1 Å². The zero-order valence-corrected chi connectivity index (χ0v) is 20.9. The molecule has 10 heteroatoms. The zero-order valence-electron chi connectivity index (χ0n) is 20.9. The van der Waals surface area contributed by atoms with E-state index in [1.165, 1.54) is 0 Å². The molecule has 1 aromatic rings. The monoisotopic (exact) mass is 530 g/mol. The first kappa shape index (κ1) is 24.0. The van der Waals surface area contributed by atoms with Crippen LogP contribution >= 0.6 is 0 Å². The molecule has 0 N–H and O–H groups in total. The number of carbonyl (C=O) groups is 6. The van der Waals surface area contributed by atoms with E-state index in [0.717, 1.165) is 18.4 Å². The van der Waals surface area contributed by atoms with Crippen molar-refractivity contribution in [3.63, 3.8) is 0 Å². The Kier molecular flexibility index (Phi) is 5.37. The zero-order chi connectivity index (χ0) is 27.0. The van der Waals surface area contributed by atoms with Gasteiger partial charge < -0.3 is 9.68 Å². The highest BCUT2D eigenvalue weighted by molar-refractivity contribution is 6.07. The molecular formula is C29H26N2O8. The van der Waals surface area contributed by atoms with Crippen molar-refractivity contribution in [3.8, 4) is 0 Å². The number of fused-ring (bicyclic) bond motifs is 10. The van der Waals surface area contributed by atoms with Gasteiger partial charge >= 0.3 is 11.9 Å². The van der Waals surface area contributed by atoms with E-state index in [4.69, 9.17) is 9.68 Å². The molecule has 2 heterocycles. The summed E-state index contributed by atoms with van der Waals surface area (Å²) in [7, 11) is 0. The molecule has 4 unspecified atom stereocenters. The summed E-state index contributed by atoms with van der Waals surface area (Å²) >= 11 is 0. The first-order chi connectivity index (χ1) is 18.8. The Hall–Kier alpha value is -4.08. The molecule has 2 aliphatic heterocycles. The summed E-state index contributed by atoms with van der Waals surface area (Å²) in [5.74, 6) is -7.47. The fraction of sp³-hybridized carbons (Fsp3) is 0.448. The third-order valence-corrected chi connectivity index (χ3v) is 9.31. The number of nitrogens with zero attached hydrogens (tertiary/aromatic N) is 2. The van der Waals surface area contributed by atoms with Crippen LogP contribution in [0.1, 0.15) is 24.8 Å². The van der Waals surface area contributed by atoms with Crippen LogP contribution in [0.25, 0.3) is 0 Å². The fourth-order valence-electron chi connectivity index (χ4n) is 7.57. The molecule has 4 amide bonds. The summed E-state index contributed by atoms with van der Waals surface area (Å²) in [5, 5.41) is 1.11. The molecule has 39 heavy (non-hydrogen) atoms. The third kappa shape index (κ3) is 3.60. The number of hydroxylamine groups is 4. The maximum absolute atomic E-state index is 13.3. The van der Waals surface area contributed by atoms with Gasteiger partial charge in [0.2, 0.25) is 0 Å². The number of rotatable bonds is 7. The Morgan fingerprint density at radius 1 is 0.692 bits per heavy atom. The van der Waals surface area contributed by atoms with Crippen LogP contribution in [0.4, 0.5) is 0 Å². The molecular weight excluding hydrogens is 504 g/mol. The average Bonchev–Trinajstić information content (AvgIpc) is 3.77. The lowest BCUT2D eigenvalue weighted by molar-refractivity contribution is -0.206. The number of allylic oxidation sites excluding steroid dienone is 4. The van der Waals surface area contributed by atoms with Crippen molar-refractivity contribution < 1.29 is 38.4 Å². The largest absolute Gasteiger partial charge is 0.337 e. The third-order valence-electron chi connectivity index (χ3n) is 9.31. The summed E-state index contributed by atoms with van der Waals surface area (Å²) < 4.78 is 0. The van der Waals surface area contributed by atoms with Gasteiger partial charge in [-0.2, -0.15) is 0 Å². The van der Waals surface area contributed by atoms with Crippen LogP contribution in [0.3, 0.4) is 0 Å². The van der Waals surface area contributed by atoms with Crippen LogP contribution in [0, 0.1) is 53.3 Å². The minimum absolute atomic E-state index is 0.0403. The summed E-state index contributed by atoms with van der Waals surface area (Å²) in [6.07, 6.45) is 8.78. The number of hydrogen-bond donors (Lipinski definition) is 0. The van der Waals surface area contributed by atoms with E-state index in [9.17, 15) is 28.8 Å². The van der Waals surface area contributed by atoms with Crippen molar-refractivity contribution in [2.45, 2.75) is 25.7 Å². The molecule has 9 atom stereocenters. The minimum atomic E-state index is -1.12. The normalized spacial score (nSPS) is 35.7. The van der Waals surface area contributed by atoms with E-state index >= 15 is 0 Å². The summed E-state index contributed by atoms with van der Waals surface area (Å²) in [4.78, 5) is 88.6. The van der Waals surface area contributed by atoms with Gasteiger partial charge in [-0.05, 0) is 48.5 Å². The van der Waals surface area contributed by atoms with E-state index in [-0.39, 0.29) is 30.1 Å². The lowest BCUT2D eigenvalue weighted by Gasteiger charge is -2.21. The number of benzene rings is 1. The Labute approximate surface area is 223 Å². The topological polar surface area (TPSA) is 127 Å². The average molecular weight is 531 g/mol. The SMILES string of the molecule is O=C(C[C@H](Cc1ccccc1)C(=O)ON1C(=O)C2C(C1=O)[C@H]1C=C[C@@H]2C1)ON1C(=O)C2C(C1=O)[C@H]1C=C[C@@H]2C1. The van der Waals surface area contributed by atoms with E-state index < -0.39 is 71.6 Å². The van der Waals surface area contributed by atoms with Crippen LogP contribution in [-0.4, -0.2) is 45.7 Å². The van der Waals surface area contributed by atoms with Crippen LogP contribution in [-0.2, 0) is 44.9 Å². The van der Waals surface area contributed by atoms with E-state index in [1.807, 2.05) is 24.3 Å². The van der Waals surface area contributed by atoms with Gasteiger partial charge in [-0.3, -0.25) is 19.2 Å². The van der Waals surface area contributed by atoms with Crippen LogP contribution in [0.2, 0.25) is 0 Å². The molecule has 200 valence electrons. The highest BCUT2D eigenvalue weighted by Gasteiger charge is 2.62. The maximum Gasteiger partial charge on any atom is 0.337 e. The van der Waals surface area contributed by atoms with E-state index in [2.05, 4.69) is 0 Å². The van der Waals surface area contributed by atoms with Crippen LogP contribution < -0.4 is 0 Å². The second-order valence-electron chi connectivity index (χ2n) is 11.4. The maximum atomic E-state index is 13.3. The summed E-state index contributed by atoms with van der Waals surface area (Å²) in [6, 6.07) is 8.88. The van der Waals surface area contributed by atoms with Crippen molar-refractivity contribution in [2.75, 3.05) is 0 Å². The molecule has 7 rings (SSSR count). The van der Waals surface area contributed by atoms with Crippen molar-refractivity contribution in [1.29, 1.82) is 0 Å². The lowest BCUT2D eigenvalue weighted by atomic mass is 9.85. The Balaban J connectivity index is 1.06. The minimum Gasteiger partial charge on any atom is -0.330 e. The van der Waals surface area contributed by atoms with Crippen molar-refractivity contribution in [3.05, 3.63) is 60.2 Å².